The van der Waals surface area contributed by atoms with Gasteiger partial charge in [0.2, 0.25) is 0 Å². The molecule has 0 saturated heterocycles. The summed E-state index contributed by atoms with van der Waals surface area (Å²) < 4.78 is 0. The van der Waals surface area contributed by atoms with E-state index in [9.17, 15) is 19.8 Å². The first-order chi connectivity index (χ1) is 13.0. The van der Waals surface area contributed by atoms with E-state index >= 15 is 0 Å². The van der Waals surface area contributed by atoms with E-state index in [1.807, 2.05) is 30.3 Å². The van der Waals surface area contributed by atoms with E-state index in [4.69, 9.17) is 5.11 Å². The highest BCUT2D eigenvalue weighted by atomic mass is 16.4. The third-order valence-electron chi connectivity index (χ3n) is 5.23. The lowest BCUT2D eigenvalue weighted by molar-refractivity contribution is -0.137. The second kappa shape index (κ2) is 11.0. The predicted octanol–water partition coefficient (Wildman–Crippen LogP) is 3.14. The van der Waals surface area contributed by atoms with Crippen molar-refractivity contribution in [3.8, 4) is 0 Å². The third kappa shape index (κ3) is 7.27. The van der Waals surface area contributed by atoms with Crippen LogP contribution < -0.4 is 0 Å². The number of benzene rings is 1. The highest BCUT2D eigenvalue weighted by Gasteiger charge is 2.39. The number of aliphatic hydroxyl groups excluding tert-OH is 2. The van der Waals surface area contributed by atoms with E-state index < -0.39 is 18.2 Å². The molecule has 1 aliphatic carbocycles. The Morgan fingerprint density at radius 3 is 2.56 bits per heavy atom. The zero-order valence-electron chi connectivity index (χ0n) is 15.7. The van der Waals surface area contributed by atoms with Crippen LogP contribution in [0.1, 0.15) is 50.5 Å². The second-order valence-corrected chi connectivity index (χ2v) is 7.41. The molecule has 2 rings (SSSR count). The summed E-state index contributed by atoms with van der Waals surface area (Å²) in [4.78, 5) is 22.7. The molecule has 0 radical (unpaired) electrons. The van der Waals surface area contributed by atoms with Crippen molar-refractivity contribution in [2.24, 2.45) is 11.8 Å². The minimum Gasteiger partial charge on any atom is -0.481 e. The SMILES string of the molecule is O=C(O)CCCCCC[C@H]1C(=O)C[C@@H](O)[C@@H]1/C=C/[C@@H](O)Cc1ccccc1. The Bertz CT molecular complexity index is 625. The minimum atomic E-state index is -0.775. The molecule has 1 aromatic rings. The number of carboxylic acid groups (broad SMARTS) is 1. The van der Waals surface area contributed by atoms with Gasteiger partial charge >= 0.3 is 5.97 Å². The molecule has 0 aromatic heterocycles. The van der Waals surface area contributed by atoms with Gasteiger partial charge in [-0.3, -0.25) is 9.59 Å². The summed E-state index contributed by atoms with van der Waals surface area (Å²) in [5.41, 5.74) is 1.04. The van der Waals surface area contributed by atoms with Crippen LogP contribution in [-0.2, 0) is 16.0 Å². The van der Waals surface area contributed by atoms with Gasteiger partial charge in [-0.25, -0.2) is 0 Å². The fourth-order valence-corrected chi connectivity index (χ4v) is 3.77. The summed E-state index contributed by atoms with van der Waals surface area (Å²) in [6.45, 7) is 0. The normalized spacial score (nSPS) is 23.8. The topological polar surface area (TPSA) is 94.8 Å². The first kappa shape index (κ1) is 21.3. The summed E-state index contributed by atoms with van der Waals surface area (Å²) >= 11 is 0. The molecule has 5 nitrogen and oxygen atoms in total. The Morgan fingerprint density at radius 2 is 1.85 bits per heavy atom. The first-order valence-corrected chi connectivity index (χ1v) is 9.80. The van der Waals surface area contributed by atoms with Crippen LogP contribution in [0.2, 0.25) is 0 Å². The number of unbranched alkanes of at least 4 members (excludes halogenated alkanes) is 3. The van der Waals surface area contributed by atoms with E-state index in [2.05, 4.69) is 0 Å². The maximum absolute atomic E-state index is 12.2. The lowest BCUT2D eigenvalue weighted by Gasteiger charge is -2.18. The highest BCUT2D eigenvalue weighted by Crippen LogP contribution is 2.34. The summed E-state index contributed by atoms with van der Waals surface area (Å²) in [6, 6.07) is 9.70. The molecule has 0 spiro atoms. The number of carboxylic acids is 1. The molecule has 27 heavy (non-hydrogen) atoms. The zero-order chi connectivity index (χ0) is 19.6. The Labute approximate surface area is 160 Å². The Hall–Kier alpha value is -1.98. The fourth-order valence-electron chi connectivity index (χ4n) is 3.77. The predicted molar refractivity (Wildman–Crippen MR) is 103 cm³/mol. The standard InChI is InChI=1S/C22H30O5/c23-17(14-16-8-4-3-5-9-16)12-13-19-18(20(24)15-21(19)25)10-6-1-2-7-11-22(26)27/h3-5,8-9,12-13,17-19,21,23,25H,1-2,6-7,10-11,14-15H2,(H,26,27)/b13-12+/t17-,18-,19-,21-/m1/s1. The van der Waals surface area contributed by atoms with E-state index in [-0.39, 0.29) is 30.5 Å². The smallest absolute Gasteiger partial charge is 0.303 e. The van der Waals surface area contributed by atoms with Crippen LogP contribution in [0.4, 0.5) is 0 Å². The Balaban J connectivity index is 1.81. The van der Waals surface area contributed by atoms with Crippen molar-refractivity contribution < 1.29 is 24.9 Å². The monoisotopic (exact) mass is 374 g/mol. The number of ketones is 1. The number of rotatable bonds is 11. The van der Waals surface area contributed by atoms with Crippen molar-refractivity contribution in [2.45, 2.75) is 63.6 Å². The molecule has 1 fully saturated rings. The maximum atomic E-state index is 12.2. The van der Waals surface area contributed by atoms with Crippen LogP contribution in [0.5, 0.6) is 0 Å². The molecule has 0 bridgehead atoms. The largest absolute Gasteiger partial charge is 0.481 e. The molecule has 1 aromatic carbocycles. The molecule has 148 valence electrons. The molecular weight excluding hydrogens is 344 g/mol. The van der Waals surface area contributed by atoms with Gasteiger partial charge in [-0.05, 0) is 18.4 Å². The zero-order valence-corrected chi connectivity index (χ0v) is 15.7. The van der Waals surface area contributed by atoms with Crippen LogP contribution in [0, 0.1) is 11.8 Å². The molecule has 0 amide bonds. The van der Waals surface area contributed by atoms with Crippen molar-refractivity contribution in [1.29, 1.82) is 0 Å². The average molecular weight is 374 g/mol. The lowest BCUT2D eigenvalue weighted by Crippen LogP contribution is -2.19. The average Bonchev–Trinajstić information content (AvgIpc) is 2.89. The Morgan fingerprint density at radius 1 is 1.15 bits per heavy atom. The number of hydrogen-bond donors (Lipinski definition) is 3. The summed E-state index contributed by atoms with van der Waals surface area (Å²) in [7, 11) is 0. The van der Waals surface area contributed by atoms with Crippen molar-refractivity contribution in [3.63, 3.8) is 0 Å². The number of aliphatic carboxylic acids is 1. The van der Waals surface area contributed by atoms with Crippen molar-refractivity contribution in [2.75, 3.05) is 0 Å². The van der Waals surface area contributed by atoms with Crippen LogP contribution in [0.3, 0.4) is 0 Å². The van der Waals surface area contributed by atoms with Gasteiger partial charge in [-0.15, -0.1) is 0 Å². The minimum absolute atomic E-state index is 0.0836. The molecule has 4 atom stereocenters. The second-order valence-electron chi connectivity index (χ2n) is 7.41. The van der Waals surface area contributed by atoms with Gasteiger partial charge in [0.05, 0.1) is 12.2 Å². The van der Waals surface area contributed by atoms with E-state index in [1.54, 1.807) is 12.2 Å². The third-order valence-corrected chi connectivity index (χ3v) is 5.23. The van der Waals surface area contributed by atoms with Gasteiger partial charge in [0.1, 0.15) is 5.78 Å². The summed E-state index contributed by atoms with van der Waals surface area (Å²) in [5, 5.41) is 29.1. The molecule has 5 heteroatoms. The number of hydrogen-bond acceptors (Lipinski definition) is 4. The molecule has 1 aliphatic rings. The van der Waals surface area contributed by atoms with Crippen LogP contribution in [-0.4, -0.2) is 39.3 Å². The van der Waals surface area contributed by atoms with Crippen molar-refractivity contribution >= 4 is 11.8 Å². The van der Waals surface area contributed by atoms with E-state index in [0.29, 0.717) is 19.3 Å². The highest BCUT2D eigenvalue weighted by molar-refractivity contribution is 5.84. The lowest BCUT2D eigenvalue weighted by atomic mass is 9.88. The number of Topliss-reactive ketones (excluding diaryl/α,β-unsaturated/α-hetero) is 1. The fraction of sp³-hybridized carbons (Fsp3) is 0.545. The van der Waals surface area contributed by atoms with E-state index in [0.717, 1.165) is 24.8 Å². The van der Waals surface area contributed by atoms with Crippen LogP contribution >= 0.6 is 0 Å². The summed E-state index contributed by atoms with van der Waals surface area (Å²) in [5.74, 6) is -1.15. The number of carbonyl (C=O) groups is 2. The van der Waals surface area contributed by atoms with Crippen molar-refractivity contribution in [1.82, 2.24) is 0 Å². The van der Waals surface area contributed by atoms with Crippen LogP contribution in [0.25, 0.3) is 0 Å². The Kier molecular flexibility index (Phi) is 8.69. The molecule has 0 unspecified atom stereocenters. The van der Waals surface area contributed by atoms with Gasteiger partial charge in [0.25, 0.3) is 0 Å². The van der Waals surface area contributed by atoms with Crippen LogP contribution in [0.15, 0.2) is 42.5 Å². The molecular formula is C22H30O5. The van der Waals surface area contributed by atoms with Gasteiger partial charge in [-0.2, -0.15) is 0 Å². The summed E-state index contributed by atoms with van der Waals surface area (Å²) in [6.07, 6.45) is 6.96. The molecule has 3 N–H and O–H groups in total. The van der Waals surface area contributed by atoms with Crippen molar-refractivity contribution in [3.05, 3.63) is 48.0 Å². The van der Waals surface area contributed by atoms with Gasteiger partial charge in [0, 0.05) is 31.1 Å². The van der Waals surface area contributed by atoms with E-state index in [1.165, 1.54) is 0 Å². The van der Waals surface area contributed by atoms with Gasteiger partial charge in [0.15, 0.2) is 0 Å². The quantitative estimate of drug-likeness (QED) is 0.409. The molecule has 0 aliphatic heterocycles. The first-order valence-electron chi connectivity index (χ1n) is 9.80. The van der Waals surface area contributed by atoms with Gasteiger partial charge < -0.3 is 15.3 Å². The molecule has 0 heterocycles. The number of aliphatic hydroxyl groups is 2. The number of carbonyl (C=O) groups excluding carboxylic acids is 1. The molecule has 1 saturated carbocycles. The maximum Gasteiger partial charge on any atom is 0.303 e. The van der Waals surface area contributed by atoms with Gasteiger partial charge in [-0.1, -0.05) is 61.7 Å².